The molecule has 1 aliphatic rings. The minimum absolute atomic E-state index is 0.0814. The van der Waals surface area contributed by atoms with Crippen molar-refractivity contribution in [1.29, 1.82) is 0 Å². The summed E-state index contributed by atoms with van der Waals surface area (Å²) in [5.74, 6) is 0.532. The van der Waals surface area contributed by atoms with Crippen molar-refractivity contribution in [3.63, 3.8) is 0 Å². The molecule has 6 nitrogen and oxygen atoms in total. The first kappa shape index (κ1) is 17.7. The highest BCUT2D eigenvalue weighted by Gasteiger charge is 2.30. The predicted octanol–water partition coefficient (Wildman–Crippen LogP) is 2.09. The van der Waals surface area contributed by atoms with Gasteiger partial charge in [-0.2, -0.15) is 0 Å². The lowest BCUT2D eigenvalue weighted by Gasteiger charge is -2.30. The smallest absolute Gasteiger partial charge is 0.227 e. The number of methoxy groups -OCH3 is 1. The van der Waals surface area contributed by atoms with E-state index in [0.29, 0.717) is 43.8 Å². The number of ether oxygens (including phenoxy) is 1. The van der Waals surface area contributed by atoms with E-state index in [1.165, 1.54) is 4.31 Å². The molecule has 0 aromatic heterocycles. The maximum atomic E-state index is 12.4. The van der Waals surface area contributed by atoms with Crippen LogP contribution in [0.15, 0.2) is 24.3 Å². The standard InChI is InChI=1S/C16H24N2O4S/c1-3-12-23(20,21)18-10-8-13(9-11-18)16(19)17-14-6-4-5-7-15(14)22-2/h4-7,13H,3,8-12H2,1-2H3,(H,17,19). The van der Waals surface area contributed by atoms with Gasteiger partial charge < -0.3 is 10.1 Å². The van der Waals surface area contributed by atoms with Gasteiger partial charge in [-0.05, 0) is 31.4 Å². The normalized spacial score (nSPS) is 17.0. The zero-order valence-electron chi connectivity index (χ0n) is 13.6. The van der Waals surface area contributed by atoms with E-state index in [4.69, 9.17) is 4.74 Å². The number of nitrogens with one attached hydrogen (secondary N) is 1. The van der Waals surface area contributed by atoms with Gasteiger partial charge in [0.1, 0.15) is 5.75 Å². The van der Waals surface area contributed by atoms with E-state index in [9.17, 15) is 13.2 Å². The number of rotatable bonds is 6. The highest BCUT2D eigenvalue weighted by atomic mass is 32.2. The maximum Gasteiger partial charge on any atom is 0.227 e. The Kier molecular flexibility index (Phi) is 6.01. The number of carbonyl (C=O) groups is 1. The molecule has 0 saturated carbocycles. The van der Waals surface area contributed by atoms with Gasteiger partial charge in [0, 0.05) is 19.0 Å². The summed E-state index contributed by atoms with van der Waals surface area (Å²) in [6.07, 6.45) is 1.70. The second-order valence-corrected chi connectivity index (χ2v) is 7.77. The van der Waals surface area contributed by atoms with E-state index < -0.39 is 10.0 Å². The van der Waals surface area contributed by atoms with Gasteiger partial charge in [-0.1, -0.05) is 19.1 Å². The maximum absolute atomic E-state index is 12.4. The monoisotopic (exact) mass is 340 g/mol. The molecule has 0 unspecified atom stereocenters. The summed E-state index contributed by atoms with van der Waals surface area (Å²) in [7, 11) is -1.61. The quantitative estimate of drug-likeness (QED) is 0.860. The van der Waals surface area contributed by atoms with Crippen molar-refractivity contribution in [1.82, 2.24) is 4.31 Å². The molecule has 1 aromatic rings. The first-order valence-electron chi connectivity index (χ1n) is 7.89. The molecule has 1 aromatic carbocycles. The molecule has 0 bridgehead atoms. The largest absolute Gasteiger partial charge is 0.495 e. The van der Waals surface area contributed by atoms with Gasteiger partial charge in [0.2, 0.25) is 15.9 Å². The number of benzene rings is 1. The summed E-state index contributed by atoms with van der Waals surface area (Å²) in [6, 6.07) is 7.25. The number of anilines is 1. The molecule has 1 saturated heterocycles. The Morgan fingerprint density at radius 1 is 1.30 bits per heavy atom. The van der Waals surface area contributed by atoms with E-state index in [2.05, 4.69) is 5.32 Å². The Labute approximate surface area is 137 Å². The second-order valence-electron chi connectivity index (χ2n) is 5.68. The Morgan fingerprint density at radius 3 is 2.57 bits per heavy atom. The number of amides is 1. The molecule has 1 amide bonds. The average molecular weight is 340 g/mol. The molecule has 128 valence electrons. The average Bonchev–Trinajstić information content (AvgIpc) is 2.55. The Bertz CT molecular complexity index is 637. The Hall–Kier alpha value is -1.60. The van der Waals surface area contributed by atoms with E-state index in [1.807, 2.05) is 19.1 Å². The Morgan fingerprint density at radius 2 is 1.96 bits per heavy atom. The van der Waals surface area contributed by atoms with E-state index in [-0.39, 0.29) is 17.6 Å². The summed E-state index contributed by atoms with van der Waals surface area (Å²) >= 11 is 0. The molecule has 0 radical (unpaired) electrons. The third kappa shape index (κ3) is 4.45. The number of piperidine rings is 1. The highest BCUT2D eigenvalue weighted by molar-refractivity contribution is 7.89. The lowest BCUT2D eigenvalue weighted by atomic mass is 9.97. The first-order chi connectivity index (χ1) is 11.0. The van der Waals surface area contributed by atoms with Crippen LogP contribution >= 0.6 is 0 Å². The molecule has 1 aliphatic heterocycles. The van der Waals surface area contributed by atoms with Gasteiger partial charge in [0.05, 0.1) is 18.6 Å². The molecule has 7 heteroatoms. The van der Waals surface area contributed by atoms with Gasteiger partial charge >= 0.3 is 0 Å². The van der Waals surface area contributed by atoms with Crippen LogP contribution < -0.4 is 10.1 Å². The minimum atomic E-state index is -3.17. The number of nitrogens with zero attached hydrogens (tertiary/aromatic N) is 1. The zero-order chi connectivity index (χ0) is 16.9. The molecular formula is C16H24N2O4S. The molecule has 0 atom stereocenters. The van der Waals surface area contributed by atoms with Crippen molar-refractivity contribution >= 4 is 21.6 Å². The number of para-hydroxylation sites is 2. The van der Waals surface area contributed by atoms with E-state index in [1.54, 1.807) is 19.2 Å². The summed E-state index contributed by atoms with van der Waals surface area (Å²) in [5.41, 5.74) is 0.640. The van der Waals surface area contributed by atoms with Crippen LogP contribution in [0.4, 0.5) is 5.69 Å². The lowest BCUT2D eigenvalue weighted by molar-refractivity contribution is -0.120. The lowest BCUT2D eigenvalue weighted by Crippen LogP contribution is -2.42. The summed E-state index contributed by atoms with van der Waals surface area (Å²) in [5, 5.41) is 2.88. The van der Waals surface area contributed by atoms with Gasteiger partial charge in [0.25, 0.3) is 0 Å². The number of hydrogen-bond acceptors (Lipinski definition) is 4. The molecule has 0 aliphatic carbocycles. The summed E-state index contributed by atoms with van der Waals surface area (Å²) in [6.45, 7) is 2.67. The van der Waals surface area contributed by atoms with Crippen molar-refractivity contribution in [2.75, 3.05) is 31.3 Å². The van der Waals surface area contributed by atoms with Crippen molar-refractivity contribution in [2.45, 2.75) is 26.2 Å². The third-order valence-electron chi connectivity index (χ3n) is 4.05. The van der Waals surface area contributed by atoms with Gasteiger partial charge in [0.15, 0.2) is 0 Å². The molecule has 23 heavy (non-hydrogen) atoms. The van der Waals surface area contributed by atoms with Gasteiger partial charge in [-0.15, -0.1) is 0 Å². The fourth-order valence-corrected chi connectivity index (χ4v) is 4.31. The Balaban J connectivity index is 1.94. The number of carbonyl (C=O) groups excluding carboxylic acids is 1. The molecule has 1 N–H and O–H groups in total. The van der Waals surface area contributed by atoms with Crippen molar-refractivity contribution < 1.29 is 17.9 Å². The topological polar surface area (TPSA) is 75.7 Å². The van der Waals surface area contributed by atoms with Crippen molar-refractivity contribution in [3.8, 4) is 5.75 Å². The van der Waals surface area contributed by atoms with Crippen LogP contribution in [-0.2, 0) is 14.8 Å². The van der Waals surface area contributed by atoms with Gasteiger partial charge in [-0.25, -0.2) is 12.7 Å². The number of sulfonamides is 1. The molecule has 1 heterocycles. The van der Waals surface area contributed by atoms with Crippen LogP contribution in [0.25, 0.3) is 0 Å². The summed E-state index contributed by atoms with van der Waals surface area (Å²) < 4.78 is 30.8. The SMILES string of the molecule is CCCS(=O)(=O)N1CCC(C(=O)Nc2ccccc2OC)CC1. The van der Waals surface area contributed by atoms with Crippen LogP contribution in [0.3, 0.4) is 0 Å². The van der Waals surface area contributed by atoms with E-state index in [0.717, 1.165) is 0 Å². The highest BCUT2D eigenvalue weighted by Crippen LogP contribution is 2.26. The zero-order valence-corrected chi connectivity index (χ0v) is 14.4. The second kappa shape index (κ2) is 7.79. The molecule has 2 rings (SSSR count). The van der Waals surface area contributed by atoms with Crippen LogP contribution in [0.1, 0.15) is 26.2 Å². The van der Waals surface area contributed by atoms with Crippen LogP contribution in [0, 0.1) is 5.92 Å². The fourth-order valence-electron chi connectivity index (χ4n) is 2.77. The minimum Gasteiger partial charge on any atom is -0.495 e. The fraction of sp³-hybridized carbons (Fsp3) is 0.562. The van der Waals surface area contributed by atoms with Crippen LogP contribution in [0.5, 0.6) is 5.75 Å². The molecule has 0 spiro atoms. The van der Waals surface area contributed by atoms with Crippen LogP contribution in [0.2, 0.25) is 0 Å². The predicted molar refractivity (Wildman–Crippen MR) is 90.0 cm³/mol. The summed E-state index contributed by atoms with van der Waals surface area (Å²) in [4.78, 5) is 12.4. The first-order valence-corrected chi connectivity index (χ1v) is 9.50. The third-order valence-corrected chi connectivity index (χ3v) is 6.12. The number of hydrogen-bond donors (Lipinski definition) is 1. The molecule has 1 fully saturated rings. The van der Waals surface area contributed by atoms with Gasteiger partial charge in [-0.3, -0.25) is 4.79 Å². The van der Waals surface area contributed by atoms with Crippen LogP contribution in [-0.4, -0.2) is 44.6 Å². The molecular weight excluding hydrogens is 316 g/mol. The van der Waals surface area contributed by atoms with Crippen molar-refractivity contribution in [3.05, 3.63) is 24.3 Å². The van der Waals surface area contributed by atoms with Crippen molar-refractivity contribution in [2.24, 2.45) is 5.92 Å². The van der Waals surface area contributed by atoms with E-state index >= 15 is 0 Å².